The normalized spacial score (nSPS) is 12.3. The van der Waals surface area contributed by atoms with E-state index < -0.39 is 18.5 Å². The molecule has 0 saturated heterocycles. The lowest BCUT2D eigenvalue weighted by molar-refractivity contribution is -0.122. The molecule has 0 radical (unpaired) electrons. The van der Waals surface area contributed by atoms with E-state index in [1.165, 1.54) is 6.07 Å². The van der Waals surface area contributed by atoms with Gasteiger partial charge in [-0.25, -0.2) is 0 Å². The van der Waals surface area contributed by atoms with E-state index in [0.717, 1.165) is 0 Å². The summed E-state index contributed by atoms with van der Waals surface area (Å²) in [6.07, 6.45) is -5.60. The minimum absolute atomic E-state index is 0. The van der Waals surface area contributed by atoms with E-state index in [1.54, 1.807) is 66.7 Å². The van der Waals surface area contributed by atoms with Gasteiger partial charge in [0.25, 0.3) is 0 Å². The number of aromatic amines is 1. The molecular weight excluding hydrogens is 470 g/mol. The molecule has 9 heteroatoms. The molecule has 4 nitrogen and oxygen atoms in total. The molecule has 1 heterocycles. The Morgan fingerprint density at radius 1 is 0.912 bits per heavy atom. The van der Waals surface area contributed by atoms with E-state index in [9.17, 15) is 17.6 Å². The van der Waals surface area contributed by atoms with Crippen molar-refractivity contribution < 1.29 is 22.3 Å². The van der Waals surface area contributed by atoms with E-state index in [-0.39, 0.29) is 23.4 Å². The molecule has 0 spiro atoms. The molecule has 4 rings (SSSR count). The zero-order valence-corrected chi connectivity index (χ0v) is 18.7. The molecule has 0 saturated carbocycles. The van der Waals surface area contributed by atoms with Crippen molar-refractivity contribution in [1.82, 2.24) is 10.2 Å². The predicted octanol–water partition coefficient (Wildman–Crippen LogP) is 6.37. The number of nitrogens with two attached hydrogens (primary N) is 1. The highest BCUT2D eigenvalue weighted by atomic mass is 35.5. The zero-order valence-electron chi connectivity index (χ0n) is 17.9. The number of fused-ring (bicyclic) bond motifs is 1. The maximum absolute atomic E-state index is 14.2. The van der Waals surface area contributed by atoms with Crippen LogP contribution in [0.15, 0.2) is 72.8 Å². The number of nitrogens with zero attached hydrogens (tertiary/aromatic N) is 1. The van der Waals surface area contributed by atoms with Gasteiger partial charge >= 0.3 is 6.18 Å². The van der Waals surface area contributed by atoms with Gasteiger partial charge in [0.1, 0.15) is 12.4 Å². The third-order valence-electron chi connectivity index (χ3n) is 5.13. The Kier molecular flexibility index (Phi) is 7.96. The number of hydrogen-bond donors (Lipinski definition) is 2. The first-order valence-corrected chi connectivity index (χ1v) is 10.3. The largest absolute Gasteiger partial charge is 0.492 e. The average molecular weight is 492 g/mol. The van der Waals surface area contributed by atoms with Crippen molar-refractivity contribution in [2.75, 3.05) is 13.2 Å². The van der Waals surface area contributed by atoms with E-state index >= 15 is 0 Å². The Morgan fingerprint density at radius 3 is 2.24 bits per heavy atom. The highest BCUT2D eigenvalue weighted by Crippen LogP contribution is 2.40. The van der Waals surface area contributed by atoms with E-state index in [2.05, 4.69) is 10.2 Å². The zero-order chi connectivity index (χ0) is 23.4. The Balaban J connectivity index is 0.00000324. The van der Waals surface area contributed by atoms with Crippen LogP contribution in [0.2, 0.25) is 0 Å². The van der Waals surface area contributed by atoms with Crippen LogP contribution in [-0.2, 0) is 0 Å². The summed E-state index contributed by atoms with van der Waals surface area (Å²) in [6, 6.07) is 19.9. The third-order valence-corrected chi connectivity index (χ3v) is 5.13. The fourth-order valence-electron chi connectivity index (χ4n) is 3.72. The monoisotopic (exact) mass is 491 g/mol. The van der Waals surface area contributed by atoms with Crippen molar-refractivity contribution in [3.63, 3.8) is 0 Å². The fraction of sp³-hybridized carbons (Fsp3) is 0.160. The number of nitrogens with one attached hydrogen (secondary N) is 1. The maximum atomic E-state index is 14.2. The van der Waals surface area contributed by atoms with Crippen molar-refractivity contribution >= 4 is 34.5 Å². The van der Waals surface area contributed by atoms with Crippen LogP contribution in [0, 0.1) is 5.95 Å². The van der Waals surface area contributed by atoms with Gasteiger partial charge in [-0.05, 0) is 52.1 Å². The Labute approximate surface area is 199 Å². The highest BCUT2D eigenvalue weighted by molar-refractivity contribution is 6.00. The van der Waals surface area contributed by atoms with Crippen LogP contribution in [-0.4, -0.2) is 29.5 Å². The number of allylic oxidation sites excluding steroid dienone is 1. The van der Waals surface area contributed by atoms with Gasteiger partial charge < -0.3 is 10.5 Å². The summed E-state index contributed by atoms with van der Waals surface area (Å²) in [5.74, 6) is -0.0919. The van der Waals surface area contributed by atoms with Crippen molar-refractivity contribution in [3.8, 4) is 5.75 Å². The first-order chi connectivity index (χ1) is 15.9. The third kappa shape index (κ3) is 5.76. The second-order valence-corrected chi connectivity index (χ2v) is 7.44. The molecule has 4 aromatic rings. The lowest BCUT2D eigenvalue weighted by Gasteiger charge is -2.19. The van der Waals surface area contributed by atoms with Crippen LogP contribution in [0.25, 0.3) is 22.0 Å². The first kappa shape index (κ1) is 25.3. The number of hydrogen-bond acceptors (Lipinski definition) is 3. The van der Waals surface area contributed by atoms with Gasteiger partial charge in [0.15, 0.2) is 0 Å². The first-order valence-electron chi connectivity index (χ1n) is 10.3. The number of rotatable bonds is 7. The number of alkyl halides is 3. The molecule has 178 valence electrons. The average Bonchev–Trinajstić information content (AvgIpc) is 3.18. The van der Waals surface area contributed by atoms with Crippen LogP contribution >= 0.6 is 12.4 Å². The molecule has 0 unspecified atom stereocenters. The minimum Gasteiger partial charge on any atom is -0.492 e. The molecule has 1 aromatic heterocycles. The molecule has 3 N–H and O–H groups in total. The molecular formula is C25H22ClF4N3O. The highest BCUT2D eigenvalue weighted by Gasteiger charge is 2.31. The van der Waals surface area contributed by atoms with Gasteiger partial charge in [-0.3, -0.25) is 5.10 Å². The van der Waals surface area contributed by atoms with Crippen LogP contribution in [0.5, 0.6) is 5.75 Å². The van der Waals surface area contributed by atoms with Crippen LogP contribution < -0.4 is 10.5 Å². The summed E-state index contributed by atoms with van der Waals surface area (Å²) in [6.45, 7) is 0.661. The number of ether oxygens (including phenoxy) is 1. The standard InChI is InChI=1S/C25H21F4N3O.ClH/c26-24-20-14-18(8-11-22(20)31-32-24)23(17-6-9-19(10-7-17)33-13-12-30)21(15-25(27,28)29)16-4-2-1-3-5-16;/h1-11,14H,12-13,15,30H2,(H,31,32);1H/b23-21+;. The summed E-state index contributed by atoms with van der Waals surface area (Å²) >= 11 is 0. The molecule has 34 heavy (non-hydrogen) atoms. The second kappa shape index (κ2) is 10.7. The van der Waals surface area contributed by atoms with Gasteiger partial charge in [-0.1, -0.05) is 48.5 Å². The summed E-state index contributed by atoms with van der Waals surface area (Å²) in [5.41, 5.74) is 7.71. The van der Waals surface area contributed by atoms with Crippen molar-refractivity contribution in [2.45, 2.75) is 12.6 Å². The maximum Gasteiger partial charge on any atom is 0.393 e. The van der Waals surface area contributed by atoms with Gasteiger partial charge in [0.2, 0.25) is 5.95 Å². The quantitative estimate of drug-likeness (QED) is 0.233. The van der Waals surface area contributed by atoms with Gasteiger partial charge in [0, 0.05) is 6.54 Å². The second-order valence-electron chi connectivity index (χ2n) is 7.44. The van der Waals surface area contributed by atoms with Crippen molar-refractivity contribution in [1.29, 1.82) is 0 Å². The number of aromatic nitrogens is 2. The fourth-order valence-corrected chi connectivity index (χ4v) is 3.72. The molecule has 0 aliphatic heterocycles. The van der Waals surface area contributed by atoms with E-state index in [1.807, 2.05) is 0 Å². The van der Waals surface area contributed by atoms with Crippen molar-refractivity contribution in [3.05, 3.63) is 95.4 Å². The summed E-state index contributed by atoms with van der Waals surface area (Å²) in [4.78, 5) is 0. The van der Waals surface area contributed by atoms with Crippen molar-refractivity contribution in [2.24, 2.45) is 5.73 Å². The lowest BCUT2D eigenvalue weighted by atomic mass is 9.87. The van der Waals surface area contributed by atoms with E-state index in [0.29, 0.717) is 46.7 Å². The summed E-state index contributed by atoms with van der Waals surface area (Å²) in [5, 5.41) is 6.34. The summed E-state index contributed by atoms with van der Waals surface area (Å²) in [7, 11) is 0. The summed E-state index contributed by atoms with van der Waals surface area (Å²) < 4.78 is 60.9. The van der Waals surface area contributed by atoms with Gasteiger partial charge in [-0.2, -0.15) is 22.7 Å². The number of benzene rings is 3. The minimum atomic E-state index is -4.45. The van der Waals surface area contributed by atoms with Crippen LogP contribution in [0.4, 0.5) is 17.6 Å². The predicted molar refractivity (Wildman–Crippen MR) is 127 cm³/mol. The molecule has 0 aliphatic rings. The Hall–Kier alpha value is -3.36. The lowest BCUT2D eigenvalue weighted by Crippen LogP contribution is -2.11. The smallest absolute Gasteiger partial charge is 0.393 e. The molecule has 0 atom stereocenters. The topological polar surface area (TPSA) is 63.9 Å². The van der Waals surface area contributed by atoms with Crippen LogP contribution in [0.3, 0.4) is 0 Å². The van der Waals surface area contributed by atoms with Gasteiger partial charge in [0.05, 0.1) is 17.3 Å². The SMILES string of the molecule is Cl.NCCOc1ccc(/C(=C(/CC(F)(F)F)c2ccccc2)c2ccc3n[nH]c(F)c3c2)cc1. The van der Waals surface area contributed by atoms with Crippen LogP contribution in [0.1, 0.15) is 23.1 Å². The molecule has 0 fully saturated rings. The van der Waals surface area contributed by atoms with E-state index in [4.69, 9.17) is 10.5 Å². The molecule has 0 bridgehead atoms. The molecule has 3 aromatic carbocycles. The van der Waals surface area contributed by atoms with Gasteiger partial charge in [-0.15, -0.1) is 12.4 Å². The number of H-pyrrole nitrogens is 1. The Bertz CT molecular complexity index is 1270. The molecule has 0 amide bonds. The molecule has 0 aliphatic carbocycles. The Morgan fingerprint density at radius 2 is 1.59 bits per heavy atom. The number of halogens is 5.